The molecule has 0 radical (unpaired) electrons. The van der Waals surface area contributed by atoms with Crippen LogP contribution < -0.4 is 14.8 Å². The number of aromatic nitrogens is 3. The zero-order chi connectivity index (χ0) is 30.1. The van der Waals surface area contributed by atoms with E-state index in [4.69, 9.17) is 9.47 Å². The van der Waals surface area contributed by atoms with Crippen LogP contribution in [0.15, 0.2) is 23.7 Å². The van der Waals surface area contributed by atoms with Gasteiger partial charge in [-0.1, -0.05) is 6.92 Å². The third kappa shape index (κ3) is 4.87. The molecule has 0 spiro atoms. The number of hydrogen-bond donors (Lipinski definition) is 1. The molecule has 3 aliphatic heterocycles. The highest BCUT2D eigenvalue weighted by atomic mass is 32.1. The summed E-state index contributed by atoms with van der Waals surface area (Å²) in [5, 5.41) is 2.89. The van der Waals surface area contributed by atoms with Gasteiger partial charge < -0.3 is 14.8 Å². The Balaban J connectivity index is 1.40. The van der Waals surface area contributed by atoms with Gasteiger partial charge in [0.05, 0.1) is 32.2 Å². The number of thiazole rings is 1. The quantitative estimate of drug-likeness (QED) is 0.259. The molecular formula is C29H27F6N5O2S. The Kier molecular flexibility index (Phi) is 6.93. The SMILES string of the molecule is C[C@H]1CNCC1Oc1nc(OC[C@@]23CCCN2C[C@H](F)C3)nc2c(F)c(-c3ccc(F)c4scnc34)c(C(F)(F)F)cc12. The van der Waals surface area contributed by atoms with E-state index in [2.05, 4.69) is 20.3 Å². The van der Waals surface area contributed by atoms with Gasteiger partial charge in [-0.15, -0.1) is 11.3 Å². The van der Waals surface area contributed by atoms with Crippen molar-refractivity contribution in [2.45, 2.75) is 50.2 Å². The van der Waals surface area contributed by atoms with E-state index in [0.717, 1.165) is 42.5 Å². The van der Waals surface area contributed by atoms with Gasteiger partial charge in [-0.25, -0.2) is 18.2 Å². The Labute approximate surface area is 246 Å². The van der Waals surface area contributed by atoms with E-state index < -0.39 is 52.3 Å². The molecule has 1 N–H and O–H groups in total. The van der Waals surface area contributed by atoms with Gasteiger partial charge in [0.1, 0.15) is 30.2 Å². The zero-order valence-electron chi connectivity index (χ0n) is 23.0. The fourth-order valence-electron chi connectivity index (χ4n) is 6.68. The lowest BCUT2D eigenvalue weighted by Gasteiger charge is -2.30. The molecule has 7 rings (SSSR count). The summed E-state index contributed by atoms with van der Waals surface area (Å²) in [5.41, 5.74) is -2.12. The van der Waals surface area contributed by atoms with Crippen LogP contribution in [0.4, 0.5) is 26.3 Å². The second-order valence-electron chi connectivity index (χ2n) is 11.6. The van der Waals surface area contributed by atoms with Gasteiger partial charge in [0.25, 0.3) is 0 Å². The lowest BCUT2D eigenvalue weighted by molar-refractivity contribution is -0.137. The van der Waals surface area contributed by atoms with Gasteiger partial charge in [-0.3, -0.25) is 4.90 Å². The van der Waals surface area contributed by atoms with Gasteiger partial charge in [-0.05, 0) is 37.6 Å². The highest BCUT2D eigenvalue weighted by Crippen LogP contribution is 2.46. The first kappa shape index (κ1) is 28.5. The lowest BCUT2D eigenvalue weighted by Crippen LogP contribution is -2.43. The van der Waals surface area contributed by atoms with E-state index in [1.54, 1.807) is 0 Å². The molecule has 14 heteroatoms. The maximum Gasteiger partial charge on any atom is 0.417 e. The third-order valence-electron chi connectivity index (χ3n) is 8.83. The normalized spacial score (nSPS) is 26.1. The molecule has 0 aliphatic carbocycles. The molecule has 0 saturated carbocycles. The average Bonchev–Trinajstić information content (AvgIpc) is 3.73. The van der Waals surface area contributed by atoms with E-state index in [1.165, 1.54) is 5.51 Å². The van der Waals surface area contributed by atoms with Crippen molar-refractivity contribution in [3.8, 4) is 23.0 Å². The van der Waals surface area contributed by atoms with Gasteiger partial charge in [-0.2, -0.15) is 23.1 Å². The van der Waals surface area contributed by atoms with Crippen LogP contribution in [0.2, 0.25) is 0 Å². The maximum atomic E-state index is 16.5. The van der Waals surface area contributed by atoms with Crippen LogP contribution in [0.1, 0.15) is 31.7 Å². The summed E-state index contributed by atoms with van der Waals surface area (Å²) in [4.78, 5) is 14.6. The van der Waals surface area contributed by atoms with Crippen LogP contribution in [0.5, 0.6) is 11.9 Å². The van der Waals surface area contributed by atoms with Crippen molar-refractivity contribution in [2.75, 3.05) is 32.8 Å². The molecule has 5 heterocycles. The fourth-order valence-corrected chi connectivity index (χ4v) is 7.39. The van der Waals surface area contributed by atoms with E-state index >= 15 is 4.39 Å². The fraction of sp³-hybridized carbons (Fsp3) is 0.483. The first-order valence-corrected chi connectivity index (χ1v) is 14.9. The van der Waals surface area contributed by atoms with Crippen molar-refractivity contribution in [2.24, 2.45) is 5.92 Å². The number of alkyl halides is 4. The molecule has 2 aromatic heterocycles. The van der Waals surface area contributed by atoms with E-state index in [1.807, 2.05) is 11.8 Å². The van der Waals surface area contributed by atoms with Crippen molar-refractivity contribution in [3.63, 3.8) is 0 Å². The predicted molar refractivity (Wildman–Crippen MR) is 148 cm³/mol. The van der Waals surface area contributed by atoms with E-state index in [0.29, 0.717) is 26.1 Å². The minimum atomic E-state index is -4.99. The molecule has 43 heavy (non-hydrogen) atoms. The standard InChI is InChI=1S/C29H27F6N5O2S/c1-14-9-36-10-20(14)42-26-17-7-18(29(33,34)35)21(16-3-4-19(31)25-24(16)37-13-43-25)22(32)23(17)38-27(39-26)41-12-28-5-2-6-40(28)11-15(30)8-28/h3-4,7,13-15,20,36H,2,5-6,8-12H2,1H3/t14-,15+,20?,28-/m0/s1. The third-order valence-corrected chi connectivity index (χ3v) is 9.66. The van der Waals surface area contributed by atoms with Crippen LogP contribution in [-0.4, -0.2) is 70.5 Å². The Morgan fingerprint density at radius 3 is 2.77 bits per heavy atom. The lowest BCUT2D eigenvalue weighted by atomic mass is 9.95. The Morgan fingerprint density at radius 2 is 2.00 bits per heavy atom. The molecule has 228 valence electrons. The monoisotopic (exact) mass is 623 g/mol. The number of fused-ring (bicyclic) bond motifs is 3. The van der Waals surface area contributed by atoms with Crippen LogP contribution >= 0.6 is 11.3 Å². The second kappa shape index (κ2) is 10.4. The molecule has 3 fully saturated rings. The molecule has 1 unspecified atom stereocenters. The van der Waals surface area contributed by atoms with Crippen molar-refractivity contribution < 1.29 is 35.8 Å². The highest BCUT2D eigenvalue weighted by Gasteiger charge is 2.49. The van der Waals surface area contributed by atoms with Crippen LogP contribution in [0, 0.1) is 17.6 Å². The van der Waals surface area contributed by atoms with E-state index in [-0.39, 0.29) is 52.0 Å². The van der Waals surface area contributed by atoms with Gasteiger partial charge in [0.15, 0.2) is 5.82 Å². The molecule has 4 aromatic rings. The summed E-state index contributed by atoms with van der Waals surface area (Å²) in [6, 6.07) is 2.56. The van der Waals surface area contributed by atoms with Gasteiger partial charge >= 0.3 is 12.2 Å². The molecule has 3 saturated heterocycles. The van der Waals surface area contributed by atoms with Gasteiger partial charge in [0, 0.05) is 43.1 Å². The number of benzene rings is 2. The van der Waals surface area contributed by atoms with Crippen molar-refractivity contribution in [1.29, 1.82) is 0 Å². The molecular weight excluding hydrogens is 596 g/mol. The van der Waals surface area contributed by atoms with E-state index in [9.17, 15) is 22.0 Å². The zero-order valence-corrected chi connectivity index (χ0v) is 23.8. The van der Waals surface area contributed by atoms with Crippen LogP contribution in [0.3, 0.4) is 0 Å². The average molecular weight is 624 g/mol. The summed E-state index contributed by atoms with van der Waals surface area (Å²) in [6.45, 7) is 4.02. The molecule has 0 bridgehead atoms. The number of nitrogens with zero attached hydrogens (tertiary/aromatic N) is 4. The minimum Gasteiger partial charge on any atom is -0.472 e. The Bertz CT molecular complexity index is 1720. The molecule has 2 aromatic carbocycles. The highest BCUT2D eigenvalue weighted by molar-refractivity contribution is 7.16. The number of hydrogen-bond acceptors (Lipinski definition) is 8. The number of ether oxygens (including phenoxy) is 2. The number of rotatable bonds is 6. The summed E-state index contributed by atoms with van der Waals surface area (Å²) in [5.74, 6) is -2.20. The van der Waals surface area contributed by atoms with Crippen molar-refractivity contribution in [3.05, 3.63) is 40.9 Å². The van der Waals surface area contributed by atoms with Gasteiger partial charge in [0.2, 0.25) is 5.88 Å². The summed E-state index contributed by atoms with van der Waals surface area (Å²) < 4.78 is 101. The Hall–Kier alpha value is -3.23. The first-order valence-electron chi connectivity index (χ1n) is 14.1. The van der Waals surface area contributed by atoms with Crippen LogP contribution in [-0.2, 0) is 6.18 Å². The maximum absolute atomic E-state index is 16.5. The van der Waals surface area contributed by atoms with Crippen LogP contribution in [0.25, 0.3) is 32.2 Å². The summed E-state index contributed by atoms with van der Waals surface area (Å²) in [7, 11) is 0. The molecule has 0 amide bonds. The molecule has 4 atom stereocenters. The smallest absolute Gasteiger partial charge is 0.417 e. The largest absolute Gasteiger partial charge is 0.472 e. The topological polar surface area (TPSA) is 72.4 Å². The molecule has 3 aliphatic rings. The number of nitrogens with one attached hydrogen (secondary N) is 1. The Morgan fingerprint density at radius 1 is 1.16 bits per heavy atom. The summed E-state index contributed by atoms with van der Waals surface area (Å²) >= 11 is 0.902. The van der Waals surface area contributed by atoms with Crippen molar-refractivity contribution >= 4 is 32.5 Å². The van der Waals surface area contributed by atoms with Crippen molar-refractivity contribution in [1.82, 2.24) is 25.2 Å². The second-order valence-corrected chi connectivity index (χ2v) is 12.5. The number of halogens is 6. The first-order chi connectivity index (χ1) is 20.5. The summed E-state index contributed by atoms with van der Waals surface area (Å²) in [6.07, 6.45) is -4.59. The predicted octanol–water partition coefficient (Wildman–Crippen LogP) is 6.15. The minimum absolute atomic E-state index is 0.00340. The molecule has 7 nitrogen and oxygen atoms in total.